The summed E-state index contributed by atoms with van der Waals surface area (Å²) in [5, 5.41) is 0. The summed E-state index contributed by atoms with van der Waals surface area (Å²) in [4.78, 5) is 0. The Morgan fingerprint density at radius 1 is 0.833 bits per heavy atom. The summed E-state index contributed by atoms with van der Waals surface area (Å²) < 4.78 is 5.17. The SMILES string of the molecule is CCCCc1ccc(-c2ccc(OC)cc2)cc1. The highest BCUT2D eigenvalue weighted by atomic mass is 16.5. The normalized spacial score (nSPS) is 10.3. The topological polar surface area (TPSA) is 9.23 Å². The number of benzene rings is 2. The average Bonchev–Trinajstić information content (AvgIpc) is 2.46. The third kappa shape index (κ3) is 3.13. The molecule has 0 aliphatic carbocycles. The molecule has 1 heteroatoms. The van der Waals surface area contributed by atoms with Crippen molar-refractivity contribution in [3.8, 4) is 16.9 Å². The van der Waals surface area contributed by atoms with Gasteiger partial charge in [0, 0.05) is 0 Å². The molecule has 0 unspecified atom stereocenters. The van der Waals surface area contributed by atoms with E-state index >= 15 is 0 Å². The summed E-state index contributed by atoms with van der Waals surface area (Å²) in [5.74, 6) is 0.901. The van der Waals surface area contributed by atoms with Gasteiger partial charge in [0.1, 0.15) is 5.75 Å². The molecule has 0 saturated heterocycles. The Balaban J connectivity index is 2.12. The van der Waals surface area contributed by atoms with Crippen LogP contribution < -0.4 is 4.74 Å². The van der Waals surface area contributed by atoms with E-state index in [4.69, 9.17) is 4.74 Å². The summed E-state index contributed by atoms with van der Waals surface area (Å²) in [7, 11) is 1.69. The summed E-state index contributed by atoms with van der Waals surface area (Å²) in [6.07, 6.45) is 3.70. The third-order valence-electron chi connectivity index (χ3n) is 3.20. The molecule has 2 aromatic rings. The van der Waals surface area contributed by atoms with E-state index in [0.29, 0.717) is 0 Å². The number of methoxy groups -OCH3 is 1. The summed E-state index contributed by atoms with van der Waals surface area (Å²) in [6, 6.07) is 17.1. The lowest BCUT2D eigenvalue weighted by Gasteiger charge is -2.05. The molecule has 0 bridgehead atoms. The fraction of sp³-hybridized carbons (Fsp3) is 0.294. The minimum atomic E-state index is 0.901. The number of unbranched alkanes of at least 4 members (excludes halogenated alkanes) is 1. The van der Waals surface area contributed by atoms with E-state index in [0.717, 1.165) is 5.75 Å². The van der Waals surface area contributed by atoms with Crippen LogP contribution in [0.1, 0.15) is 25.3 Å². The predicted molar refractivity (Wildman–Crippen MR) is 77.0 cm³/mol. The summed E-state index contributed by atoms with van der Waals surface area (Å²) in [5.41, 5.74) is 3.92. The molecule has 0 atom stereocenters. The lowest BCUT2D eigenvalue weighted by atomic mass is 10.0. The van der Waals surface area contributed by atoms with Gasteiger partial charge >= 0.3 is 0 Å². The summed E-state index contributed by atoms with van der Waals surface area (Å²) in [6.45, 7) is 2.23. The zero-order valence-electron chi connectivity index (χ0n) is 11.1. The first-order chi connectivity index (χ1) is 8.83. The van der Waals surface area contributed by atoms with Crippen molar-refractivity contribution in [3.63, 3.8) is 0 Å². The zero-order valence-corrected chi connectivity index (χ0v) is 11.1. The van der Waals surface area contributed by atoms with Gasteiger partial charge in [0.05, 0.1) is 7.11 Å². The first-order valence-electron chi connectivity index (χ1n) is 6.57. The van der Waals surface area contributed by atoms with Gasteiger partial charge in [-0.3, -0.25) is 0 Å². The molecule has 2 aromatic carbocycles. The Hall–Kier alpha value is -1.76. The van der Waals surface area contributed by atoms with Crippen molar-refractivity contribution in [2.45, 2.75) is 26.2 Å². The number of hydrogen-bond acceptors (Lipinski definition) is 1. The second kappa shape index (κ2) is 6.25. The molecule has 18 heavy (non-hydrogen) atoms. The van der Waals surface area contributed by atoms with E-state index < -0.39 is 0 Å². The highest BCUT2D eigenvalue weighted by Crippen LogP contribution is 2.23. The van der Waals surface area contributed by atoms with Crippen LogP contribution in [0.2, 0.25) is 0 Å². The Morgan fingerprint density at radius 2 is 1.39 bits per heavy atom. The number of rotatable bonds is 5. The van der Waals surface area contributed by atoms with E-state index in [1.54, 1.807) is 7.11 Å². The molecule has 0 saturated carbocycles. The van der Waals surface area contributed by atoms with Crippen LogP contribution in [0, 0.1) is 0 Å². The van der Waals surface area contributed by atoms with Crippen LogP contribution in [0.5, 0.6) is 5.75 Å². The van der Waals surface area contributed by atoms with Crippen LogP contribution in [0.25, 0.3) is 11.1 Å². The molecular weight excluding hydrogens is 220 g/mol. The lowest BCUT2D eigenvalue weighted by Crippen LogP contribution is -1.85. The van der Waals surface area contributed by atoms with Gasteiger partial charge in [0.25, 0.3) is 0 Å². The smallest absolute Gasteiger partial charge is 0.118 e. The molecule has 0 aliphatic rings. The molecule has 2 rings (SSSR count). The Kier molecular flexibility index (Phi) is 4.40. The molecule has 0 radical (unpaired) electrons. The van der Waals surface area contributed by atoms with Crippen molar-refractivity contribution in [1.82, 2.24) is 0 Å². The van der Waals surface area contributed by atoms with E-state index in [9.17, 15) is 0 Å². The average molecular weight is 240 g/mol. The van der Waals surface area contributed by atoms with Gasteiger partial charge in [-0.1, -0.05) is 49.7 Å². The van der Waals surface area contributed by atoms with Crippen molar-refractivity contribution in [1.29, 1.82) is 0 Å². The van der Waals surface area contributed by atoms with Crippen LogP contribution in [-0.4, -0.2) is 7.11 Å². The highest BCUT2D eigenvalue weighted by Gasteiger charge is 1.99. The predicted octanol–water partition coefficient (Wildman–Crippen LogP) is 4.70. The highest BCUT2D eigenvalue weighted by molar-refractivity contribution is 5.64. The van der Waals surface area contributed by atoms with Gasteiger partial charge < -0.3 is 4.74 Å². The monoisotopic (exact) mass is 240 g/mol. The molecule has 0 spiro atoms. The number of aryl methyl sites for hydroxylation is 1. The van der Waals surface area contributed by atoms with Crippen LogP contribution >= 0.6 is 0 Å². The molecule has 0 N–H and O–H groups in total. The third-order valence-corrected chi connectivity index (χ3v) is 3.20. The fourth-order valence-corrected chi connectivity index (χ4v) is 2.03. The van der Waals surface area contributed by atoms with Crippen LogP contribution in [-0.2, 0) is 6.42 Å². The van der Waals surface area contributed by atoms with E-state index in [-0.39, 0.29) is 0 Å². The largest absolute Gasteiger partial charge is 0.497 e. The van der Waals surface area contributed by atoms with Crippen molar-refractivity contribution < 1.29 is 4.74 Å². The van der Waals surface area contributed by atoms with Gasteiger partial charge in [0.2, 0.25) is 0 Å². The first kappa shape index (κ1) is 12.7. The van der Waals surface area contributed by atoms with Gasteiger partial charge in [-0.2, -0.15) is 0 Å². The van der Waals surface area contributed by atoms with Crippen molar-refractivity contribution in [2.75, 3.05) is 7.11 Å². The number of hydrogen-bond donors (Lipinski definition) is 0. The first-order valence-corrected chi connectivity index (χ1v) is 6.57. The molecule has 94 valence electrons. The van der Waals surface area contributed by atoms with Crippen LogP contribution in [0.15, 0.2) is 48.5 Å². The molecule has 0 aliphatic heterocycles. The minimum absolute atomic E-state index is 0.901. The van der Waals surface area contributed by atoms with Crippen LogP contribution in [0.3, 0.4) is 0 Å². The molecule has 0 amide bonds. The molecule has 0 heterocycles. The van der Waals surface area contributed by atoms with E-state index in [2.05, 4.69) is 43.3 Å². The maximum Gasteiger partial charge on any atom is 0.118 e. The minimum Gasteiger partial charge on any atom is -0.497 e. The lowest BCUT2D eigenvalue weighted by molar-refractivity contribution is 0.415. The fourth-order valence-electron chi connectivity index (χ4n) is 2.03. The molecule has 1 nitrogen and oxygen atoms in total. The molecular formula is C17H20O. The quantitative estimate of drug-likeness (QED) is 0.735. The number of ether oxygens (including phenoxy) is 1. The molecule has 0 aromatic heterocycles. The standard InChI is InChI=1S/C17H20O/c1-3-4-5-14-6-8-15(9-7-14)16-10-12-17(18-2)13-11-16/h6-13H,3-5H2,1-2H3. The maximum atomic E-state index is 5.17. The van der Waals surface area contributed by atoms with Gasteiger partial charge in [0.15, 0.2) is 0 Å². The van der Waals surface area contributed by atoms with Gasteiger partial charge in [-0.15, -0.1) is 0 Å². The molecule has 0 fully saturated rings. The second-order valence-electron chi connectivity index (χ2n) is 4.53. The van der Waals surface area contributed by atoms with Gasteiger partial charge in [-0.25, -0.2) is 0 Å². The summed E-state index contributed by atoms with van der Waals surface area (Å²) >= 11 is 0. The zero-order chi connectivity index (χ0) is 12.8. The Bertz CT molecular complexity index is 468. The van der Waals surface area contributed by atoms with Crippen molar-refractivity contribution in [3.05, 3.63) is 54.1 Å². The Morgan fingerprint density at radius 3 is 1.89 bits per heavy atom. The second-order valence-corrected chi connectivity index (χ2v) is 4.53. The van der Waals surface area contributed by atoms with E-state index in [1.165, 1.54) is 36.0 Å². The van der Waals surface area contributed by atoms with Gasteiger partial charge in [-0.05, 0) is 41.7 Å². The van der Waals surface area contributed by atoms with Crippen molar-refractivity contribution in [2.24, 2.45) is 0 Å². The van der Waals surface area contributed by atoms with Crippen LogP contribution in [0.4, 0.5) is 0 Å². The van der Waals surface area contributed by atoms with E-state index in [1.807, 2.05) is 12.1 Å². The Labute approximate surface area is 109 Å². The maximum absolute atomic E-state index is 5.17. The van der Waals surface area contributed by atoms with Crippen molar-refractivity contribution >= 4 is 0 Å².